The molecule has 0 saturated carbocycles. The molecule has 104 valence electrons. The summed E-state index contributed by atoms with van der Waals surface area (Å²) in [6, 6.07) is 5.95. The van der Waals surface area contributed by atoms with E-state index in [1.165, 1.54) is 16.9 Å². The highest BCUT2D eigenvalue weighted by molar-refractivity contribution is 9.11. The van der Waals surface area contributed by atoms with Crippen molar-refractivity contribution in [2.45, 2.75) is 20.3 Å². The van der Waals surface area contributed by atoms with E-state index in [1.807, 2.05) is 30.9 Å². The fourth-order valence-electron chi connectivity index (χ4n) is 2.49. The average Bonchev–Trinajstić information content (AvgIpc) is 2.94. The summed E-state index contributed by atoms with van der Waals surface area (Å²) in [5.74, 6) is 0.0609. The number of carbonyl (C=O) groups excluding carboxylic acids is 1. The molecular weight excluding hydrogens is 336 g/mol. The van der Waals surface area contributed by atoms with Crippen LogP contribution < -0.4 is 10.6 Å². The summed E-state index contributed by atoms with van der Waals surface area (Å²) in [7, 11) is 0. The number of halogens is 1. The molecule has 0 bridgehead atoms. The Morgan fingerprint density at radius 1 is 1.30 bits per heavy atom. The number of nitrogens with two attached hydrogens (primary N) is 1. The molecule has 1 aromatic heterocycles. The van der Waals surface area contributed by atoms with Crippen molar-refractivity contribution in [3.8, 4) is 0 Å². The highest BCUT2D eigenvalue weighted by Crippen LogP contribution is 2.35. The summed E-state index contributed by atoms with van der Waals surface area (Å²) < 4.78 is 1.02. The molecule has 3 nitrogen and oxygen atoms in total. The summed E-state index contributed by atoms with van der Waals surface area (Å²) in [6.45, 7) is 4.72. The van der Waals surface area contributed by atoms with Crippen molar-refractivity contribution in [3.05, 3.63) is 43.6 Å². The predicted molar refractivity (Wildman–Crippen MR) is 87.7 cm³/mol. The largest absolute Gasteiger partial charge is 0.398 e. The first-order valence-electron chi connectivity index (χ1n) is 6.44. The Bertz CT molecular complexity index is 689. The van der Waals surface area contributed by atoms with Gasteiger partial charge in [0.25, 0.3) is 5.91 Å². The van der Waals surface area contributed by atoms with E-state index < -0.39 is 0 Å². The van der Waals surface area contributed by atoms with Gasteiger partial charge in [-0.25, -0.2) is 0 Å². The molecule has 0 spiro atoms. The topological polar surface area (TPSA) is 46.3 Å². The van der Waals surface area contributed by atoms with Gasteiger partial charge in [0, 0.05) is 17.9 Å². The number of amides is 1. The zero-order valence-electron chi connectivity index (χ0n) is 11.4. The minimum Gasteiger partial charge on any atom is -0.398 e. The van der Waals surface area contributed by atoms with E-state index in [2.05, 4.69) is 22.0 Å². The highest BCUT2D eigenvalue weighted by atomic mass is 79.9. The highest BCUT2D eigenvalue weighted by Gasteiger charge is 2.27. The molecule has 0 aliphatic carbocycles. The van der Waals surface area contributed by atoms with E-state index in [9.17, 15) is 4.79 Å². The second-order valence-electron chi connectivity index (χ2n) is 5.11. The van der Waals surface area contributed by atoms with Crippen molar-refractivity contribution in [3.63, 3.8) is 0 Å². The Kier molecular flexibility index (Phi) is 3.34. The molecule has 2 aromatic rings. The van der Waals surface area contributed by atoms with Crippen LogP contribution in [0.2, 0.25) is 0 Å². The molecular formula is C15H15BrN2OS. The van der Waals surface area contributed by atoms with Crippen LogP contribution in [0.4, 0.5) is 11.4 Å². The quantitative estimate of drug-likeness (QED) is 0.792. The van der Waals surface area contributed by atoms with E-state index in [1.54, 1.807) is 0 Å². The van der Waals surface area contributed by atoms with Crippen molar-refractivity contribution in [1.29, 1.82) is 0 Å². The number of benzene rings is 1. The van der Waals surface area contributed by atoms with Crippen molar-refractivity contribution in [1.82, 2.24) is 0 Å². The first-order valence-corrected chi connectivity index (χ1v) is 8.05. The fraction of sp³-hybridized carbons (Fsp3) is 0.267. The van der Waals surface area contributed by atoms with Crippen LogP contribution in [0.1, 0.15) is 26.4 Å². The van der Waals surface area contributed by atoms with Crippen LogP contribution in [0, 0.1) is 13.8 Å². The third-order valence-electron chi connectivity index (χ3n) is 3.68. The van der Waals surface area contributed by atoms with Crippen LogP contribution in [0.3, 0.4) is 0 Å². The maximum Gasteiger partial charge on any atom is 0.268 e. The Hall–Kier alpha value is -1.33. The smallest absolute Gasteiger partial charge is 0.268 e. The van der Waals surface area contributed by atoms with Gasteiger partial charge in [-0.1, -0.05) is 6.07 Å². The van der Waals surface area contributed by atoms with Crippen LogP contribution >= 0.6 is 27.3 Å². The third kappa shape index (κ3) is 2.15. The molecule has 1 aliphatic rings. The first-order chi connectivity index (χ1) is 9.47. The number of carbonyl (C=O) groups is 1. The zero-order valence-corrected chi connectivity index (χ0v) is 13.8. The number of fused-ring (bicyclic) bond motifs is 1. The number of nitrogens with zero attached hydrogens (tertiary/aromatic N) is 1. The Morgan fingerprint density at radius 3 is 2.70 bits per heavy atom. The summed E-state index contributed by atoms with van der Waals surface area (Å²) >= 11 is 4.96. The van der Waals surface area contributed by atoms with Gasteiger partial charge in [-0.3, -0.25) is 4.79 Å². The molecule has 1 aliphatic heterocycles. The van der Waals surface area contributed by atoms with Gasteiger partial charge < -0.3 is 10.6 Å². The minimum absolute atomic E-state index is 0.0609. The van der Waals surface area contributed by atoms with Crippen LogP contribution in [-0.4, -0.2) is 12.5 Å². The number of hydrogen-bond acceptors (Lipinski definition) is 3. The standard InChI is InChI=1S/C15H15BrN2OS/c1-8-5-10-3-4-18(12(10)7-11(8)17)15(19)13-6-9(2)14(16)20-13/h5-7H,3-4,17H2,1-2H3. The molecule has 0 radical (unpaired) electrons. The van der Waals surface area contributed by atoms with Gasteiger partial charge in [0.2, 0.25) is 0 Å². The van der Waals surface area contributed by atoms with E-state index in [0.717, 1.165) is 44.1 Å². The third-order valence-corrected chi connectivity index (χ3v) is 5.80. The maximum absolute atomic E-state index is 12.6. The Labute approximate surface area is 130 Å². The lowest BCUT2D eigenvalue weighted by Crippen LogP contribution is -2.28. The predicted octanol–water partition coefficient (Wildman–Crippen LogP) is 3.91. The Morgan fingerprint density at radius 2 is 2.05 bits per heavy atom. The Balaban J connectivity index is 1.98. The first kappa shape index (κ1) is 13.6. The van der Waals surface area contributed by atoms with Gasteiger partial charge in [0.05, 0.1) is 8.66 Å². The number of anilines is 2. The number of thiophene rings is 1. The van der Waals surface area contributed by atoms with Gasteiger partial charge in [-0.15, -0.1) is 11.3 Å². The molecule has 1 aromatic carbocycles. The van der Waals surface area contributed by atoms with Crippen LogP contribution in [0.15, 0.2) is 22.0 Å². The monoisotopic (exact) mass is 350 g/mol. The fourth-order valence-corrected chi connectivity index (χ4v) is 3.97. The van der Waals surface area contributed by atoms with Crippen molar-refractivity contribution < 1.29 is 4.79 Å². The van der Waals surface area contributed by atoms with Gasteiger partial charge in [0.15, 0.2) is 0 Å². The summed E-state index contributed by atoms with van der Waals surface area (Å²) in [5.41, 5.74) is 11.1. The molecule has 0 saturated heterocycles. The van der Waals surface area contributed by atoms with Crippen LogP contribution in [0.5, 0.6) is 0 Å². The summed E-state index contributed by atoms with van der Waals surface area (Å²) in [5, 5.41) is 0. The lowest BCUT2D eigenvalue weighted by atomic mass is 10.1. The molecule has 0 fully saturated rings. The van der Waals surface area contributed by atoms with Gasteiger partial charge in [-0.2, -0.15) is 0 Å². The number of nitrogen functional groups attached to an aromatic ring is 1. The summed E-state index contributed by atoms with van der Waals surface area (Å²) in [6.07, 6.45) is 0.897. The number of rotatable bonds is 1. The lowest BCUT2D eigenvalue weighted by Gasteiger charge is -2.17. The molecule has 20 heavy (non-hydrogen) atoms. The molecule has 2 heterocycles. The lowest BCUT2D eigenvalue weighted by molar-refractivity contribution is 0.0993. The van der Waals surface area contributed by atoms with Crippen molar-refractivity contribution >= 4 is 44.5 Å². The normalized spacial score (nSPS) is 13.7. The SMILES string of the molecule is Cc1cc2c(cc1N)N(C(=O)c1cc(C)c(Br)s1)CC2. The summed E-state index contributed by atoms with van der Waals surface area (Å²) in [4.78, 5) is 15.2. The minimum atomic E-state index is 0.0609. The molecule has 5 heteroatoms. The van der Waals surface area contributed by atoms with E-state index >= 15 is 0 Å². The number of aryl methyl sites for hydroxylation is 2. The zero-order chi connectivity index (χ0) is 14.4. The van der Waals surface area contributed by atoms with Gasteiger partial charge in [-0.05, 0) is 65.0 Å². The number of hydrogen-bond donors (Lipinski definition) is 1. The van der Waals surface area contributed by atoms with Crippen molar-refractivity contribution in [2.24, 2.45) is 0 Å². The van der Waals surface area contributed by atoms with E-state index in [4.69, 9.17) is 5.73 Å². The van der Waals surface area contributed by atoms with E-state index in [-0.39, 0.29) is 5.91 Å². The maximum atomic E-state index is 12.6. The average molecular weight is 351 g/mol. The van der Waals surface area contributed by atoms with E-state index in [0.29, 0.717) is 0 Å². The molecule has 1 amide bonds. The van der Waals surface area contributed by atoms with Crippen LogP contribution in [0.25, 0.3) is 0 Å². The van der Waals surface area contributed by atoms with Gasteiger partial charge >= 0.3 is 0 Å². The van der Waals surface area contributed by atoms with Gasteiger partial charge in [0.1, 0.15) is 0 Å². The molecule has 3 rings (SSSR count). The van der Waals surface area contributed by atoms with Crippen LogP contribution in [-0.2, 0) is 6.42 Å². The molecule has 0 atom stereocenters. The molecule has 2 N–H and O–H groups in total. The second kappa shape index (κ2) is 4.90. The van der Waals surface area contributed by atoms with Crippen molar-refractivity contribution in [2.75, 3.05) is 17.2 Å². The molecule has 0 unspecified atom stereocenters. The second-order valence-corrected chi connectivity index (χ2v) is 7.48.